The highest BCUT2D eigenvalue weighted by molar-refractivity contribution is 6.03. The molecule has 134 valence electrons. The van der Waals surface area contributed by atoms with Crippen molar-refractivity contribution in [3.8, 4) is 0 Å². The number of hydrogen-bond acceptors (Lipinski definition) is 1. The van der Waals surface area contributed by atoms with E-state index in [1.165, 1.54) is 11.1 Å². The lowest BCUT2D eigenvalue weighted by Gasteiger charge is -2.30. The summed E-state index contributed by atoms with van der Waals surface area (Å²) in [4.78, 5) is 15.2. The summed E-state index contributed by atoms with van der Waals surface area (Å²) in [6.07, 6.45) is 2.52. The molecular weight excluding hydrogens is 306 g/mol. The molecule has 0 fully saturated rings. The number of nitrogens with zero attached hydrogens (tertiary/aromatic N) is 1. The Morgan fingerprint density at radius 3 is 1.44 bits per heavy atom. The lowest BCUT2D eigenvalue weighted by Crippen LogP contribution is -2.28. The van der Waals surface area contributed by atoms with Crippen molar-refractivity contribution >= 4 is 17.3 Å². The standard InChI is InChI=1S/C23H31NO/c1-8-9-10-21(25)24(22-17(4)11-15(2)12-18(22)5)23-19(6)13-16(3)14-20(23)7/h11-14H,8-10H2,1-7H3. The molecule has 2 aromatic rings. The van der Waals surface area contributed by atoms with Crippen molar-refractivity contribution in [2.45, 2.75) is 67.7 Å². The number of rotatable bonds is 5. The van der Waals surface area contributed by atoms with E-state index in [0.29, 0.717) is 6.42 Å². The molecule has 2 nitrogen and oxygen atoms in total. The Balaban J connectivity index is 2.70. The van der Waals surface area contributed by atoms with Gasteiger partial charge in [0.15, 0.2) is 0 Å². The number of carbonyl (C=O) groups excluding carboxylic acids is 1. The number of aryl methyl sites for hydroxylation is 6. The molecule has 2 rings (SSSR count). The van der Waals surface area contributed by atoms with E-state index in [4.69, 9.17) is 0 Å². The number of carbonyl (C=O) groups is 1. The third-order valence-electron chi connectivity index (χ3n) is 4.71. The highest BCUT2D eigenvalue weighted by atomic mass is 16.2. The van der Waals surface area contributed by atoms with Gasteiger partial charge in [0.05, 0.1) is 11.4 Å². The van der Waals surface area contributed by atoms with Crippen LogP contribution in [0.4, 0.5) is 11.4 Å². The number of benzene rings is 2. The average molecular weight is 338 g/mol. The quantitative estimate of drug-likeness (QED) is 0.619. The number of hydrogen-bond donors (Lipinski definition) is 0. The normalized spacial score (nSPS) is 10.8. The van der Waals surface area contributed by atoms with Crippen LogP contribution in [0.25, 0.3) is 0 Å². The van der Waals surface area contributed by atoms with E-state index < -0.39 is 0 Å². The summed E-state index contributed by atoms with van der Waals surface area (Å²) < 4.78 is 0. The van der Waals surface area contributed by atoms with Crippen LogP contribution in [-0.2, 0) is 4.79 Å². The van der Waals surface area contributed by atoms with E-state index in [9.17, 15) is 4.79 Å². The molecule has 0 N–H and O–H groups in total. The summed E-state index contributed by atoms with van der Waals surface area (Å²) >= 11 is 0. The highest BCUT2D eigenvalue weighted by Gasteiger charge is 2.24. The van der Waals surface area contributed by atoms with Crippen molar-refractivity contribution in [2.24, 2.45) is 0 Å². The maximum absolute atomic E-state index is 13.2. The van der Waals surface area contributed by atoms with Crippen LogP contribution in [-0.4, -0.2) is 5.91 Å². The van der Waals surface area contributed by atoms with Gasteiger partial charge in [0.2, 0.25) is 5.91 Å². The van der Waals surface area contributed by atoms with E-state index in [-0.39, 0.29) is 5.91 Å². The molecule has 0 aliphatic rings. The smallest absolute Gasteiger partial charge is 0.231 e. The molecule has 0 atom stereocenters. The Bertz CT molecular complexity index is 685. The zero-order chi connectivity index (χ0) is 18.7. The second-order valence-electron chi connectivity index (χ2n) is 7.33. The molecule has 0 aromatic heterocycles. The van der Waals surface area contributed by atoms with Crippen LogP contribution in [0.2, 0.25) is 0 Å². The summed E-state index contributed by atoms with van der Waals surface area (Å²) in [5, 5.41) is 0. The van der Waals surface area contributed by atoms with Gasteiger partial charge in [-0.3, -0.25) is 9.69 Å². The second-order valence-corrected chi connectivity index (χ2v) is 7.33. The molecule has 1 amide bonds. The van der Waals surface area contributed by atoms with Gasteiger partial charge in [0.1, 0.15) is 0 Å². The monoisotopic (exact) mass is 337 g/mol. The van der Waals surface area contributed by atoms with Crippen LogP contribution < -0.4 is 4.90 Å². The first-order valence-corrected chi connectivity index (χ1v) is 9.25. The van der Waals surface area contributed by atoms with Crippen molar-refractivity contribution in [1.29, 1.82) is 0 Å². The third kappa shape index (κ3) is 4.12. The van der Waals surface area contributed by atoms with E-state index in [0.717, 1.165) is 46.5 Å². The number of amides is 1. The third-order valence-corrected chi connectivity index (χ3v) is 4.71. The molecule has 0 radical (unpaired) electrons. The maximum Gasteiger partial charge on any atom is 0.231 e. The van der Waals surface area contributed by atoms with Gasteiger partial charge in [-0.25, -0.2) is 0 Å². The molecule has 25 heavy (non-hydrogen) atoms. The van der Waals surface area contributed by atoms with Gasteiger partial charge in [-0.2, -0.15) is 0 Å². The predicted molar refractivity (Wildman–Crippen MR) is 108 cm³/mol. The van der Waals surface area contributed by atoms with Crippen LogP contribution in [0.5, 0.6) is 0 Å². The van der Waals surface area contributed by atoms with Gasteiger partial charge < -0.3 is 0 Å². The molecule has 0 unspecified atom stereocenters. The molecule has 0 bridgehead atoms. The number of unbranched alkanes of at least 4 members (excludes halogenated alkanes) is 1. The van der Waals surface area contributed by atoms with E-state index in [1.807, 2.05) is 4.90 Å². The van der Waals surface area contributed by atoms with E-state index in [1.54, 1.807) is 0 Å². The molecule has 0 saturated carbocycles. The van der Waals surface area contributed by atoms with E-state index >= 15 is 0 Å². The van der Waals surface area contributed by atoms with Gasteiger partial charge in [0.25, 0.3) is 0 Å². The first kappa shape index (κ1) is 19.2. The minimum atomic E-state index is 0.187. The molecule has 0 aliphatic carbocycles. The summed E-state index contributed by atoms with van der Waals surface area (Å²) in [6.45, 7) is 14.8. The SMILES string of the molecule is CCCCC(=O)N(c1c(C)cc(C)cc1C)c1c(C)cc(C)cc1C. The topological polar surface area (TPSA) is 20.3 Å². The first-order valence-electron chi connectivity index (χ1n) is 9.25. The Hall–Kier alpha value is -2.09. The molecule has 0 saturated heterocycles. The van der Waals surface area contributed by atoms with Crippen LogP contribution in [0.15, 0.2) is 24.3 Å². The highest BCUT2D eigenvalue weighted by Crippen LogP contribution is 2.37. The Kier molecular flexibility index (Phi) is 6.05. The molecule has 2 heteroatoms. The summed E-state index contributed by atoms with van der Waals surface area (Å²) in [7, 11) is 0. The van der Waals surface area contributed by atoms with Crippen molar-refractivity contribution in [2.75, 3.05) is 4.90 Å². The Labute approximate surface area is 152 Å². The molecule has 2 aromatic carbocycles. The minimum absolute atomic E-state index is 0.187. The lowest BCUT2D eigenvalue weighted by molar-refractivity contribution is -0.118. The molecule has 0 heterocycles. The summed E-state index contributed by atoms with van der Waals surface area (Å²) in [5.41, 5.74) is 9.17. The zero-order valence-corrected chi connectivity index (χ0v) is 16.8. The van der Waals surface area contributed by atoms with Crippen LogP contribution in [0.1, 0.15) is 59.6 Å². The lowest BCUT2D eigenvalue weighted by atomic mass is 9.99. The van der Waals surface area contributed by atoms with Crippen LogP contribution in [0.3, 0.4) is 0 Å². The van der Waals surface area contributed by atoms with Gasteiger partial charge in [-0.15, -0.1) is 0 Å². The molecule has 0 spiro atoms. The molecular formula is C23H31NO. The largest absolute Gasteiger partial charge is 0.280 e. The number of anilines is 2. The fourth-order valence-electron chi connectivity index (χ4n) is 3.85. The Morgan fingerprint density at radius 2 is 1.12 bits per heavy atom. The minimum Gasteiger partial charge on any atom is -0.280 e. The van der Waals surface area contributed by atoms with Crippen molar-refractivity contribution in [3.63, 3.8) is 0 Å². The van der Waals surface area contributed by atoms with Gasteiger partial charge in [-0.1, -0.05) is 48.7 Å². The van der Waals surface area contributed by atoms with Crippen molar-refractivity contribution in [1.82, 2.24) is 0 Å². The maximum atomic E-state index is 13.2. The van der Waals surface area contributed by atoms with Crippen molar-refractivity contribution < 1.29 is 4.79 Å². The summed E-state index contributed by atoms with van der Waals surface area (Å²) in [6, 6.07) is 8.67. The van der Waals surface area contributed by atoms with E-state index in [2.05, 4.69) is 72.7 Å². The fourth-order valence-corrected chi connectivity index (χ4v) is 3.85. The predicted octanol–water partition coefficient (Wildman–Crippen LogP) is 6.39. The van der Waals surface area contributed by atoms with Crippen LogP contribution >= 0.6 is 0 Å². The fraction of sp³-hybridized carbons (Fsp3) is 0.435. The van der Waals surface area contributed by atoms with Gasteiger partial charge in [-0.05, 0) is 70.2 Å². The summed E-state index contributed by atoms with van der Waals surface area (Å²) in [5.74, 6) is 0.187. The molecule has 0 aliphatic heterocycles. The van der Waals surface area contributed by atoms with Gasteiger partial charge in [0, 0.05) is 6.42 Å². The van der Waals surface area contributed by atoms with Crippen molar-refractivity contribution in [3.05, 3.63) is 57.6 Å². The van der Waals surface area contributed by atoms with Gasteiger partial charge >= 0.3 is 0 Å². The first-order chi connectivity index (χ1) is 11.8. The zero-order valence-electron chi connectivity index (χ0n) is 16.8. The Morgan fingerprint density at radius 1 is 0.760 bits per heavy atom. The second kappa shape index (κ2) is 7.86. The average Bonchev–Trinajstić information content (AvgIpc) is 2.49. The van der Waals surface area contributed by atoms with Crippen LogP contribution in [0, 0.1) is 41.5 Å².